The SMILES string of the molecule is COc1ccc(C(=O)[C@H]2CCC[C@@H]2/C=C/C(O)c2ccccc2)cc1. The van der Waals surface area contributed by atoms with Gasteiger partial charge < -0.3 is 9.84 Å². The normalized spacial score (nSPS) is 21.4. The van der Waals surface area contributed by atoms with Crippen LogP contribution in [0.4, 0.5) is 0 Å². The van der Waals surface area contributed by atoms with E-state index in [1.165, 1.54) is 0 Å². The van der Waals surface area contributed by atoms with Gasteiger partial charge in [0, 0.05) is 11.5 Å². The van der Waals surface area contributed by atoms with Gasteiger partial charge >= 0.3 is 0 Å². The third-order valence-electron chi connectivity index (χ3n) is 4.96. The fraction of sp³-hybridized carbons (Fsp3) is 0.318. The maximum atomic E-state index is 12.8. The van der Waals surface area contributed by atoms with Crippen molar-refractivity contribution >= 4 is 5.78 Å². The van der Waals surface area contributed by atoms with Crippen LogP contribution in [0, 0.1) is 11.8 Å². The summed E-state index contributed by atoms with van der Waals surface area (Å²) in [5, 5.41) is 10.3. The molecule has 0 saturated heterocycles. The number of carbonyl (C=O) groups excluding carboxylic acids is 1. The van der Waals surface area contributed by atoms with Crippen LogP contribution in [0.3, 0.4) is 0 Å². The highest BCUT2D eigenvalue weighted by Gasteiger charge is 2.31. The molecule has 1 fully saturated rings. The lowest BCUT2D eigenvalue weighted by molar-refractivity contribution is 0.0904. The van der Waals surface area contributed by atoms with E-state index in [-0.39, 0.29) is 17.6 Å². The second kappa shape index (κ2) is 8.13. The molecule has 25 heavy (non-hydrogen) atoms. The van der Waals surface area contributed by atoms with Gasteiger partial charge in [0.15, 0.2) is 5.78 Å². The molecule has 1 N–H and O–H groups in total. The molecular weight excluding hydrogens is 312 g/mol. The second-order valence-electron chi connectivity index (χ2n) is 6.53. The quantitative estimate of drug-likeness (QED) is 0.620. The molecule has 0 bridgehead atoms. The molecule has 0 heterocycles. The van der Waals surface area contributed by atoms with E-state index in [1.54, 1.807) is 7.11 Å². The van der Waals surface area contributed by atoms with Gasteiger partial charge in [-0.25, -0.2) is 0 Å². The Labute approximate surface area is 149 Å². The summed E-state index contributed by atoms with van der Waals surface area (Å²) in [5.41, 5.74) is 1.60. The van der Waals surface area contributed by atoms with Gasteiger partial charge in [-0.3, -0.25) is 4.79 Å². The molecule has 0 aliphatic heterocycles. The lowest BCUT2D eigenvalue weighted by Gasteiger charge is -2.16. The van der Waals surface area contributed by atoms with E-state index < -0.39 is 6.10 Å². The maximum absolute atomic E-state index is 12.8. The Hall–Kier alpha value is -2.39. The van der Waals surface area contributed by atoms with Crippen molar-refractivity contribution in [3.63, 3.8) is 0 Å². The predicted molar refractivity (Wildman–Crippen MR) is 98.7 cm³/mol. The number of hydrogen-bond donors (Lipinski definition) is 1. The first-order chi connectivity index (χ1) is 12.2. The standard InChI is InChI=1S/C22H24O3/c1-25-19-13-10-18(11-14-19)22(24)20-9-5-8-16(20)12-15-21(23)17-6-3-2-4-7-17/h2-4,6-7,10-16,20-21,23H,5,8-9H2,1H3/b15-12+/t16-,20+,21?/m1/s1. The van der Waals surface area contributed by atoms with Gasteiger partial charge in [-0.1, -0.05) is 48.9 Å². The van der Waals surface area contributed by atoms with E-state index in [9.17, 15) is 9.90 Å². The Balaban J connectivity index is 1.69. The third-order valence-corrected chi connectivity index (χ3v) is 4.96. The molecule has 0 amide bonds. The van der Waals surface area contributed by atoms with Crippen molar-refractivity contribution in [1.29, 1.82) is 0 Å². The number of benzene rings is 2. The zero-order valence-corrected chi connectivity index (χ0v) is 14.5. The van der Waals surface area contributed by atoms with E-state index in [0.29, 0.717) is 0 Å². The summed E-state index contributed by atoms with van der Waals surface area (Å²) in [7, 11) is 1.62. The number of ether oxygens (including phenoxy) is 1. The Morgan fingerprint density at radius 1 is 1.12 bits per heavy atom. The second-order valence-corrected chi connectivity index (χ2v) is 6.53. The molecule has 0 radical (unpaired) electrons. The molecule has 1 saturated carbocycles. The van der Waals surface area contributed by atoms with Crippen molar-refractivity contribution in [1.82, 2.24) is 0 Å². The number of carbonyl (C=O) groups is 1. The molecule has 0 aromatic heterocycles. The van der Waals surface area contributed by atoms with Crippen LogP contribution < -0.4 is 4.74 Å². The topological polar surface area (TPSA) is 46.5 Å². The summed E-state index contributed by atoms with van der Waals surface area (Å²) in [6.45, 7) is 0. The van der Waals surface area contributed by atoms with Crippen LogP contribution in [-0.4, -0.2) is 18.0 Å². The first-order valence-electron chi connectivity index (χ1n) is 8.78. The van der Waals surface area contributed by atoms with Crippen molar-refractivity contribution in [3.8, 4) is 5.75 Å². The molecule has 3 nitrogen and oxygen atoms in total. The summed E-state index contributed by atoms with van der Waals surface area (Å²) in [4.78, 5) is 12.8. The first kappa shape index (κ1) is 17.4. The monoisotopic (exact) mass is 336 g/mol. The molecule has 1 unspecified atom stereocenters. The van der Waals surface area contributed by atoms with Gasteiger partial charge in [0.25, 0.3) is 0 Å². The van der Waals surface area contributed by atoms with Gasteiger partial charge in [-0.15, -0.1) is 0 Å². The van der Waals surface area contributed by atoms with Crippen LogP contribution in [0.1, 0.15) is 41.3 Å². The highest BCUT2D eigenvalue weighted by molar-refractivity contribution is 5.98. The number of methoxy groups -OCH3 is 1. The number of rotatable bonds is 6. The average Bonchev–Trinajstić information content (AvgIpc) is 3.15. The summed E-state index contributed by atoms with van der Waals surface area (Å²) in [5.74, 6) is 1.12. The summed E-state index contributed by atoms with van der Waals surface area (Å²) in [6, 6.07) is 16.9. The van der Waals surface area contributed by atoms with Gasteiger partial charge in [-0.05, 0) is 48.6 Å². The Morgan fingerprint density at radius 3 is 2.52 bits per heavy atom. The minimum atomic E-state index is -0.626. The Kier molecular flexibility index (Phi) is 5.67. The van der Waals surface area contributed by atoms with Crippen LogP contribution in [0.5, 0.6) is 5.75 Å². The van der Waals surface area contributed by atoms with Crippen molar-refractivity contribution in [2.24, 2.45) is 11.8 Å². The van der Waals surface area contributed by atoms with Gasteiger partial charge in [0.05, 0.1) is 13.2 Å². The lowest BCUT2D eigenvalue weighted by atomic mass is 9.87. The van der Waals surface area contributed by atoms with Crippen LogP contribution in [0.25, 0.3) is 0 Å². The van der Waals surface area contributed by atoms with E-state index in [0.717, 1.165) is 36.1 Å². The number of aliphatic hydroxyl groups excluding tert-OH is 1. The summed E-state index contributed by atoms with van der Waals surface area (Å²) in [6.07, 6.45) is 6.16. The van der Waals surface area contributed by atoms with Crippen molar-refractivity contribution < 1.29 is 14.6 Å². The number of hydrogen-bond acceptors (Lipinski definition) is 3. The number of ketones is 1. The third kappa shape index (κ3) is 4.18. The van der Waals surface area contributed by atoms with Crippen LogP contribution in [0.15, 0.2) is 66.7 Å². The first-order valence-corrected chi connectivity index (χ1v) is 8.78. The molecular formula is C22H24O3. The molecule has 130 valence electrons. The molecule has 2 aromatic carbocycles. The summed E-state index contributed by atoms with van der Waals surface area (Å²) >= 11 is 0. The molecule has 1 aliphatic carbocycles. The molecule has 3 rings (SSSR count). The average molecular weight is 336 g/mol. The maximum Gasteiger partial charge on any atom is 0.166 e. The molecule has 2 aromatic rings. The molecule has 1 aliphatic rings. The van der Waals surface area contributed by atoms with Crippen molar-refractivity contribution in [3.05, 3.63) is 77.9 Å². The predicted octanol–water partition coefficient (Wildman–Crippen LogP) is 4.58. The van der Waals surface area contributed by atoms with E-state index in [2.05, 4.69) is 0 Å². The van der Waals surface area contributed by atoms with Gasteiger partial charge in [0.2, 0.25) is 0 Å². The molecule has 0 spiro atoms. The van der Waals surface area contributed by atoms with E-state index in [1.807, 2.05) is 66.7 Å². The zero-order chi connectivity index (χ0) is 17.6. The summed E-state index contributed by atoms with van der Waals surface area (Å²) < 4.78 is 5.15. The molecule has 3 heteroatoms. The van der Waals surface area contributed by atoms with Gasteiger partial charge in [0.1, 0.15) is 5.75 Å². The fourth-order valence-corrected chi connectivity index (χ4v) is 3.52. The highest BCUT2D eigenvalue weighted by atomic mass is 16.5. The van der Waals surface area contributed by atoms with E-state index >= 15 is 0 Å². The minimum absolute atomic E-state index is 0.00683. The smallest absolute Gasteiger partial charge is 0.166 e. The zero-order valence-electron chi connectivity index (χ0n) is 14.5. The number of Topliss-reactive ketones (excluding diaryl/α,β-unsaturated/α-hetero) is 1. The number of allylic oxidation sites excluding steroid dienone is 1. The van der Waals surface area contributed by atoms with E-state index in [4.69, 9.17) is 4.74 Å². The highest BCUT2D eigenvalue weighted by Crippen LogP contribution is 2.36. The van der Waals surface area contributed by atoms with Crippen LogP contribution in [-0.2, 0) is 0 Å². The van der Waals surface area contributed by atoms with Crippen molar-refractivity contribution in [2.75, 3.05) is 7.11 Å². The van der Waals surface area contributed by atoms with Crippen LogP contribution in [0.2, 0.25) is 0 Å². The van der Waals surface area contributed by atoms with Crippen LogP contribution >= 0.6 is 0 Å². The molecule has 3 atom stereocenters. The fourth-order valence-electron chi connectivity index (χ4n) is 3.52. The number of aliphatic hydroxyl groups is 1. The minimum Gasteiger partial charge on any atom is -0.497 e. The largest absolute Gasteiger partial charge is 0.497 e. The Morgan fingerprint density at radius 2 is 1.84 bits per heavy atom. The Bertz CT molecular complexity index is 719. The van der Waals surface area contributed by atoms with Gasteiger partial charge in [-0.2, -0.15) is 0 Å². The van der Waals surface area contributed by atoms with Crippen molar-refractivity contribution in [2.45, 2.75) is 25.4 Å². The lowest BCUT2D eigenvalue weighted by Crippen LogP contribution is -2.18.